The van der Waals surface area contributed by atoms with Crippen molar-refractivity contribution < 1.29 is 23.5 Å². The molecule has 1 aromatic carbocycles. The molecular weight excluding hydrogens is 358 g/mol. The van der Waals surface area contributed by atoms with Crippen LogP contribution in [0.3, 0.4) is 0 Å². The van der Waals surface area contributed by atoms with Crippen LogP contribution in [0, 0.1) is 0 Å². The van der Waals surface area contributed by atoms with E-state index in [1.54, 1.807) is 36.4 Å². The minimum absolute atomic E-state index is 0.0450. The van der Waals surface area contributed by atoms with Crippen molar-refractivity contribution in [3.63, 3.8) is 0 Å². The Kier molecular flexibility index (Phi) is 7.41. The molecule has 0 atom stereocenters. The molecule has 0 unspecified atom stereocenters. The minimum Gasteiger partial charge on any atom is -0.469 e. The van der Waals surface area contributed by atoms with Gasteiger partial charge < -0.3 is 14.1 Å². The fourth-order valence-electron chi connectivity index (χ4n) is 2.37. The molecule has 0 saturated heterocycles. The molecule has 0 N–H and O–H groups in total. The lowest BCUT2D eigenvalue weighted by Gasteiger charge is -2.21. The molecule has 0 radical (unpaired) electrons. The lowest BCUT2D eigenvalue weighted by molar-refractivity contribution is -0.142. The van der Waals surface area contributed by atoms with Crippen LogP contribution in [-0.4, -0.2) is 36.2 Å². The van der Waals surface area contributed by atoms with Gasteiger partial charge in [-0.05, 0) is 36.4 Å². The van der Waals surface area contributed by atoms with E-state index in [1.807, 2.05) is 0 Å². The first-order valence-corrected chi connectivity index (χ1v) is 8.53. The minimum atomic E-state index is -0.403. The van der Waals surface area contributed by atoms with Crippen molar-refractivity contribution in [2.24, 2.45) is 0 Å². The molecule has 7 heteroatoms. The summed E-state index contributed by atoms with van der Waals surface area (Å²) < 4.78 is 9.88. The summed E-state index contributed by atoms with van der Waals surface area (Å²) in [7, 11) is 1.30. The summed E-state index contributed by atoms with van der Waals surface area (Å²) in [5, 5.41) is 0.546. The summed E-state index contributed by atoms with van der Waals surface area (Å²) in [4.78, 5) is 37.6. The second-order valence-corrected chi connectivity index (χ2v) is 6.09. The van der Waals surface area contributed by atoms with Crippen molar-refractivity contribution in [1.29, 1.82) is 0 Å². The van der Waals surface area contributed by atoms with Gasteiger partial charge in [-0.1, -0.05) is 11.6 Å². The number of carbonyl (C=O) groups excluding carboxylic acids is 3. The highest BCUT2D eigenvalue weighted by atomic mass is 35.5. The number of esters is 1. The van der Waals surface area contributed by atoms with Crippen LogP contribution in [0.1, 0.15) is 35.4 Å². The van der Waals surface area contributed by atoms with E-state index in [0.29, 0.717) is 16.3 Å². The molecule has 0 saturated carbocycles. The summed E-state index contributed by atoms with van der Waals surface area (Å²) in [5.74, 6) is -0.166. The Bertz CT molecular complexity index is 740. The van der Waals surface area contributed by atoms with Gasteiger partial charge in [0.05, 0.1) is 26.3 Å². The highest BCUT2D eigenvalue weighted by molar-refractivity contribution is 6.30. The summed E-state index contributed by atoms with van der Waals surface area (Å²) >= 11 is 5.81. The third-order valence-corrected chi connectivity index (χ3v) is 4.08. The number of furan rings is 1. The van der Waals surface area contributed by atoms with Gasteiger partial charge in [0.1, 0.15) is 5.76 Å². The van der Waals surface area contributed by atoms with Gasteiger partial charge in [0.2, 0.25) is 5.91 Å². The standard InChI is InChI=1S/C19H20ClNO5/c1-25-19(24)10-11-21(13-16-3-2-12-26-16)18(23)9-8-17(22)14-4-6-15(20)7-5-14/h2-7,12H,8-11,13H2,1H3. The maximum absolute atomic E-state index is 12.5. The number of halogens is 1. The molecule has 0 spiro atoms. The SMILES string of the molecule is COC(=O)CCN(Cc1ccco1)C(=O)CCC(=O)c1ccc(Cl)cc1. The van der Waals surface area contributed by atoms with Crippen LogP contribution in [0.15, 0.2) is 47.1 Å². The zero-order valence-corrected chi connectivity index (χ0v) is 15.2. The number of benzene rings is 1. The van der Waals surface area contributed by atoms with Crippen LogP contribution in [-0.2, 0) is 20.9 Å². The van der Waals surface area contributed by atoms with Crippen molar-refractivity contribution >= 4 is 29.3 Å². The van der Waals surface area contributed by atoms with Crippen molar-refractivity contribution in [3.8, 4) is 0 Å². The van der Waals surface area contributed by atoms with Crippen LogP contribution in [0.5, 0.6) is 0 Å². The zero-order chi connectivity index (χ0) is 18.9. The van der Waals surface area contributed by atoms with Gasteiger partial charge in [-0.2, -0.15) is 0 Å². The number of ether oxygens (including phenoxy) is 1. The zero-order valence-electron chi connectivity index (χ0n) is 14.4. The molecule has 0 fully saturated rings. The van der Waals surface area contributed by atoms with Crippen LogP contribution in [0.2, 0.25) is 5.02 Å². The first-order valence-electron chi connectivity index (χ1n) is 8.15. The highest BCUT2D eigenvalue weighted by Crippen LogP contribution is 2.14. The lowest BCUT2D eigenvalue weighted by Crippen LogP contribution is -2.32. The maximum atomic E-state index is 12.5. The van der Waals surface area contributed by atoms with Gasteiger partial charge in [0.15, 0.2) is 5.78 Å². The topological polar surface area (TPSA) is 76.8 Å². The van der Waals surface area contributed by atoms with E-state index in [1.165, 1.54) is 18.3 Å². The molecular formula is C19H20ClNO5. The Labute approximate surface area is 156 Å². The molecule has 6 nitrogen and oxygen atoms in total. The van der Waals surface area contributed by atoms with Gasteiger partial charge in [0.25, 0.3) is 0 Å². The molecule has 0 aliphatic carbocycles. The smallest absolute Gasteiger partial charge is 0.307 e. The van der Waals surface area contributed by atoms with Crippen molar-refractivity contribution in [2.75, 3.05) is 13.7 Å². The number of methoxy groups -OCH3 is 1. The average Bonchev–Trinajstić information content (AvgIpc) is 3.16. The molecule has 0 bridgehead atoms. The van der Waals surface area contributed by atoms with E-state index >= 15 is 0 Å². The molecule has 26 heavy (non-hydrogen) atoms. The Morgan fingerprint density at radius 1 is 1.08 bits per heavy atom. The quantitative estimate of drug-likeness (QED) is 0.494. The number of carbonyl (C=O) groups is 3. The Morgan fingerprint density at radius 3 is 2.42 bits per heavy atom. The first kappa shape index (κ1) is 19.7. The fourth-order valence-corrected chi connectivity index (χ4v) is 2.50. The number of ketones is 1. The number of rotatable bonds is 9. The van der Waals surface area contributed by atoms with Crippen LogP contribution < -0.4 is 0 Å². The van der Waals surface area contributed by atoms with Gasteiger partial charge in [0, 0.05) is 30.0 Å². The van der Waals surface area contributed by atoms with Gasteiger partial charge in [-0.25, -0.2) is 0 Å². The molecule has 2 aromatic rings. The number of amides is 1. The predicted octanol–water partition coefficient (Wildman–Crippen LogP) is 3.49. The Hall–Kier alpha value is -2.60. The van der Waals surface area contributed by atoms with E-state index in [2.05, 4.69) is 4.74 Å². The van der Waals surface area contributed by atoms with Crippen LogP contribution in [0.4, 0.5) is 0 Å². The number of nitrogens with zero attached hydrogens (tertiary/aromatic N) is 1. The summed E-state index contributed by atoms with van der Waals surface area (Å²) in [6, 6.07) is 10.0. The van der Waals surface area contributed by atoms with E-state index in [9.17, 15) is 14.4 Å². The number of hydrogen-bond donors (Lipinski definition) is 0. The molecule has 0 aliphatic heterocycles. The highest BCUT2D eigenvalue weighted by Gasteiger charge is 2.18. The first-order chi connectivity index (χ1) is 12.5. The molecule has 0 aliphatic rings. The molecule has 1 aromatic heterocycles. The predicted molar refractivity (Wildman–Crippen MR) is 95.8 cm³/mol. The molecule has 2 rings (SSSR count). The lowest BCUT2D eigenvalue weighted by atomic mass is 10.1. The van der Waals surface area contributed by atoms with Crippen molar-refractivity contribution in [3.05, 3.63) is 59.0 Å². The van der Waals surface area contributed by atoms with Gasteiger partial charge in [-0.15, -0.1) is 0 Å². The third-order valence-electron chi connectivity index (χ3n) is 3.83. The Balaban J connectivity index is 1.94. The summed E-state index contributed by atoms with van der Waals surface area (Å²) in [5.41, 5.74) is 0.509. The average molecular weight is 378 g/mol. The maximum Gasteiger partial charge on any atom is 0.307 e. The largest absolute Gasteiger partial charge is 0.469 e. The van der Waals surface area contributed by atoms with Gasteiger partial charge >= 0.3 is 5.97 Å². The van der Waals surface area contributed by atoms with Crippen molar-refractivity contribution in [2.45, 2.75) is 25.8 Å². The van der Waals surface area contributed by atoms with E-state index in [-0.39, 0.29) is 44.0 Å². The van der Waals surface area contributed by atoms with E-state index in [0.717, 1.165) is 0 Å². The van der Waals surface area contributed by atoms with Crippen LogP contribution in [0.25, 0.3) is 0 Å². The van der Waals surface area contributed by atoms with E-state index in [4.69, 9.17) is 16.0 Å². The second-order valence-electron chi connectivity index (χ2n) is 5.65. The third kappa shape index (κ3) is 6.04. The second kappa shape index (κ2) is 9.77. The molecule has 1 heterocycles. The monoisotopic (exact) mass is 377 g/mol. The Morgan fingerprint density at radius 2 is 1.81 bits per heavy atom. The summed E-state index contributed by atoms with van der Waals surface area (Å²) in [6.07, 6.45) is 1.72. The molecule has 1 amide bonds. The van der Waals surface area contributed by atoms with Crippen LogP contribution >= 0.6 is 11.6 Å². The van der Waals surface area contributed by atoms with Crippen molar-refractivity contribution in [1.82, 2.24) is 4.90 Å². The normalized spacial score (nSPS) is 10.4. The number of hydrogen-bond acceptors (Lipinski definition) is 5. The van der Waals surface area contributed by atoms with E-state index < -0.39 is 5.97 Å². The molecule has 138 valence electrons. The number of Topliss-reactive ketones (excluding diaryl/α,β-unsaturated/α-hetero) is 1. The summed E-state index contributed by atoms with van der Waals surface area (Å²) in [6.45, 7) is 0.430. The van der Waals surface area contributed by atoms with Gasteiger partial charge in [-0.3, -0.25) is 14.4 Å². The fraction of sp³-hybridized carbons (Fsp3) is 0.316.